The molecule has 0 fully saturated rings. The molecule has 0 aliphatic carbocycles. The van der Waals surface area contributed by atoms with Crippen molar-refractivity contribution >= 4 is 17.8 Å². The largest absolute Gasteiger partial charge is 0.493 e. The molecular weight excluding hydrogens is 574 g/mol. The van der Waals surface area contributed by atoms with Crippen molar-refractivity contribution in [2.24, 2.45) is 0 Å². The van der Waals surface area contributed by atoms with Gasteiger partial charge in [-0.1, -0.05) is 30.3 Å². The van der Waals surface area contributed by atoms with E-state index in [1.807, 2.05) is 36.4 Å². The lowest BCUT2D eigenvalue weighted by atomic mass is 10.0. The monoisotopic (exact) mass is 615 g/mol. The highest BCUT2D eigenvalue weighted by Gasteiger charge is 2.37. The topological polar surface area (TPSA) is 156 Å². The maximum absolute atomic E-state index is 14.0. The number of carbonyl (C=O) groups is 3. The van der Waals surface area contributed by atoms with Crippen molar-refractivity contribution in [1.82, 2.24) is 10.2 Å². The van der Waals surface area contributed by atoms with Crippen LogP contribution in [-0.4, -0.2) is 80.0 Å². The van der Waals surface area contributed by atoms with Gasteiger partial charge in [0.15, 0.2) is 11.5 Å². The summed E-state index contributed by atoms with van der Waals surface area (Å²) in [5.74, 6) is -0.486. The molecule has 2 aromatic carbocycles. The lowest BCUT2D eigenvalue weighted by molar-refractivity contribution is -0.757. The molecule has 0 radical (unpaired) electrons. The molecule has 0 spiro atoms. The van der Waals surface area contributed by atoms with Crippen LogP contribution in [0, 0.1) is 10.1 Å². The van der Waals surface area contributed by atoms with Gasteiger partial charge in [-0.25, -0.2) is 4.79 Å². The summed E-state index contributed by atoms with van der Waals surface area (Å²) >= 11 is 0. The first kappa shape index (κ1) is 34.1. The normalized spacial score (nSPS) is 15.6. The van der Waals surface area contributed by atoms with Crippen LogP contribution in [0.2, 0.25) is 0 Å². The number of amides is 1. The Hall–Kier alpha value is -4.39. The summed E-state index contributed by atoms with van der Waals surface area (Å²) in [6.07, 6.45) is 1.82. The molecule has 0 saturated heterocycles. The van der Waals surface area contributed by atoms with Gasteiger partial charge in [0.05, 0.1) is 40.1 Å². The highest BCUT2D eigenvalue weighted by atomic mass is 16.9. The molecule has 1 heterocycles. The van der Waals surface area contributed by atoms with Gasteiger partial charge in [-0.2, -0.15) is 0 Å². The number of methoxy groups -OCH3 is 2. The van der Waals surface area contributed by atoms with Crippen molar-refractivity contribution in [3.05, 3.63) is 69.3 Å². The molecule has 1 aliphatic rings. The van der Waals surface area contributed by atoms with E-state index in [4.69, 9.17) is 18.9 Å². The van der Waals surface area contributed by atoms with Crippen molar-refractivity contribution in [2.75, 3.05) is 34.0 Å². The maximum atomic E-state index is 14.0. The number of nitrogens with one attached hydrogen (secondary N) is 1. The number of hydrogen-bond donors (Lipinski definition) is 1. The average Bonchev–Trinajstić information content (AvgIpc) is 3.21. The fraction of sp³-hybridized carbons (Fsp3) is 0.516. The number of ether oxygens (including phenoxy) is 4. The molecular formula is C31H41N3O10. The van der Waals surface area contributed by atoms with Gasteiger partial charge in [0.1, 0.15) is 12.1 Å². The van der Waals surface area contributed by atoms with Gasteiger partial charge in [0.25, 0.3) is 5.09 Å². The van der Waals surface area contributed by atoms with Gasteiger partial charge in [0, 0.05) is 13.0 Å². The number of hydrogen-bond acceptors (Lipinski definition) is 11. The standard InChI is InChI=1S/C31H41N3O10/c1-5-42-30(36)25(14-12-22-10-7-6-8-11-22)32-21(2)29(35)33-20-24-19-28(41-4)27(40-3)18-23(24)13-15-26(33)31(37)43-16-9-17-44-34(38)39/h6-8,10-11,18-19,21,25-26,32H,5,9,12-17,20H2,1-4H3. The van der Waals surface area contributed by atoms with Crippen LogP contribution in [0.5, 0.6) is 11.5 Å². The zero-order chi connectivity index (χ0) is 32.1. The highest BCUT2D eigenvalue weighted by molar-refractivity contribution is 5.88. The van der Waals surface area contributed by atoms with E-state index in [0.717, 1.165) is 16.7 Å². The fourth-order valence-corrected chi connectivity index (χ4v) is 5.12. The second-order valence-corrected chi connectivity index (χ2v) is 10.3. The predicted molar refractivity (Wildman–Crippen MR) is 159 cm³/mol. The van der Waals surface area contributed by atoms with Crippen LogP contribution in [0.25, 0.3) is 0 Å². The maximum Gasteiger partial charge on any atom is 0.328 e. The third kappa shape index (κ3) is 9.56. The zero-order valence-electron chi connectivity index (χ0n) is 25.6. The van der Waals surface area contributed by atoms with Crippen molar-refractivity contribution in [3.63, 3.8) is 0 Å². The first-order valence-electron chi connectivity index (χ1n) is 14.6. The van der Waals surface area contributed by atoms with Crippen molar-refractivity contribution in [3.8, 4) is 11.5 Å². The summed E-state index contributed by atoms with van der Waals surface area (Å²) in [6, 6.07) is 10.8. The number of nitrogens with zero attached hydrogens (tertiary/aromatic N) is 2. The number of esters is 2. The van der Waals surface area contributed by atoms with Gasteiger partial charge < -0.3 is 28.7 Å². The van der Waals surface area contributed by atoms with Gasteiger partial charge in [-0.3, -0.25) is 14.9 Å². The molecule has 3 unspecified atom stereocenters. The number of rotatable bonds is 16. The predicted octanol–water partition coefficient (Wildman–Crippen LogP) is 3.03. The molecule has 2 aromatic rings. The Morgan fingerprint density at radius 2 is 1.73 bits per heavy atom. The van der Waals surface area contributed by atoms with Gasteiger partial charge in [-0.15, -0.1) is 10.1 Å². The Kier molecular flexibility index (Phi) is 13.2. The van der Waals surface area contributed by atoms with Gasteiger partial charge >= 0.3 is 11.9 Å². The second-order valence-electron chi connectivity index (χ2n) is 10.3. The number of benzene rings is 2. The first-order chi connectivity index (χ1) is 21.2. The molecule has 0 bridgehead atoms. The van der Waals surface area contributed by atoms with Crippen LogP contribution in [0.15, 0.2) is 42.5 Å². The molecule has 0 aromatic heterocycles. The minimum absolute atomic E-state index is 0.0822. The molecule has 1 N–H and O–H groups in total. The van der Waals surface area contributed by atoms with E-state index in [-0.39, 0.29) is 39.2 Å². The van der Waals surface area contributed by atoms with E-state index in [1.165, 1.54) is 19.1 Å². The molecule has 3 atom stereocenters. The third-order valence-electron chi connectivity index (χ3n) is 7.35. The Morgan fingerprint density at radius 1 is 1.05 bits per heavy atom. The molecule has 13 heteroatoms. The minimum atomic E-state index is -0.946. The molecule has 13 nitrogen and oxygen atoms in total. The lowest BCUT2D eigenvalue weighted by Gasteiger charge is -2.32. The molecule has 1 aliphatic heterocycles. The van der Waals surface area contributed by atoms with Crippen molar-refractivity contribution in [2.45, 2.75) is 70.6 Å². The quantitative estimate of drug-likeness (QED) is 0.128. The Morgan fingerprint density at radius 3 is 2.36 bits per heavy atom. The van der Waals surface area contributed by atoms with Gasteiger partial charge in [0.2, 0.25) is 5.91 Å². The molecule has 1 amide bonds. The van der Waals surface area contributed by atoms with E-state index >= 15 is 0 Å². The van der Waals surface area contributed by atoms with Crippen LogP contribution in [0.3, 0.4) is 0 Å². The van der Waals surface area contributed by atoms with Crippen LogP contribution in [0.1, 0.15) is 49.8 Å². The van der Waals surface area contributed by atoms with Crippen molar-refractivity contribution < 1.29 is 43.3 Å². The van der Waals surface area contributed by atoms with Crippen LogP contribution in [0.4, 0.5) is 0 Å². The fourth-order valence-electron chi connectivity index (χ4n) is 5.12. The summed E-state index contributed by atoms with van der Waals surface area (Å²) in [7, 11) is 3.05. The Bertz CT molecular complexity index is 1270. The van der Waals surface area contributed by atoms with E-state index in [1.54, 1.807) is 19.9 Å². The smallest absolute Gasteiger partial charge is 0.328 e. The summed E-state index contributed by atoms with van der Waals surface area (Å²) in [6.45, 7) is 3.31. The lowest BCUT2D eigenvalue weighted by Crippen LogP contribution is -2.54. The van der Waals surface area contributed by atoms with E-state index < -0.39 is 41.1 Å². The summed E-state index contributed by atoms with van der Waals surface area (Å²) < 4.78 is 21.6. The average molecular weight is 616 g/mol. The third-order valence-corrected chi connectivity index (χ3v) is 7.35. The summed E-state index contributed by atoms with van der Waals surface area (Å²) in [4.78, 5) is 56.4. The van der Waals surface area contributed by atoms with Crippen LogP contribution >= 0.6 is 0 Å². The molecule has 240 valence electrons. The SMILES string of the molecule is CCOC(=O)C(CCc1ccccc1)NC(C)C(=O)N1Cc2cc(OC)c(OC)cc2CCC1C(=O)OCCCO[N+](=O)[O-]. The molecule has 0 saturated carbocycles. The highest BCUT2D eigenvalue weighted by Crippen LogP contribution is 2.34. The van der Waals surface area contributed by atoms with Crippen LogP contribution in [-0.2, 0) is 48.1 Å². The number of aryl methyl sites for hydroxylation is 2. The minimum Gasteiger partial charge on any atom is -0.493 e. The molecule has 44 heavy (non-hydrogen) atoms. The number of fused-ring (bicyclic) bond motifs is 1. The molecule has 3 rings (SSSR count). The Labute approximate surface area is 256 Å². The summed E-state index contributed by atoms with van der Waals surface area (Å²) in [5.41, 5.74) is 2.72. The summed E-state index contributed by atoms with van der Waals surface area (Å²) in [5, 5.41) is 12.6. The van der Waals surface area contributed by atoms with Gasteiger partial charge in [-0.05, 0) is 68.4 Å². The van der Waals surface area contributed by atoms with E-state index in [0.29, 0.717) is 30.8 Å². The first-order valence-corrected chi connectivity index (χ1v) is 14.6. The second kappa shape index (κ2) is 17.0. The van der Waals surface area contributed by atoms with Crippen LogP contribution < -0.4 is 14.8 Å². The number of carbonyl (C=O) groups excluding carboxylic acids is 3. The van der Waals surface area contributed by atoms with E-state index in [2.05, 4.69) is 10.2 Å². The van der Waals surface area contributed by atoms with E-state index in [9.17, 15) is 24.5 Å². The van der Waals surface area contributed by atoms with Crippen molar-refractivity contribution in [1.29, 1.82) is 0 Å². The Balaban J connectivity index is 1.83. The zero-order valence-corrected chi connectivity index (χ0v) is 25.6.